The Labute approximate surface area is 136 Å². The first kappa shape index (κ1) is 18.2. The van der Waals surface area contributed by atoms with E-state index in [4.69, 9.17) is 10.5 Å². The lowest BCUT2D eigenvalue weighted by Gasteiger charge is -2.05. The Kier molecular flexibility index (Phi) is 7.04. The van der Waals surface area contributed by atoms with Gasteiger partial charge in [0, 0.05) is 38.8 Å². The van der Waals surface area contributed by atoms with Gasteiger partial charge in [-0.15, -0.1) is 12.4 Å². The maximum Gasteiger partial charge on any atom is 0.256 e. The number of carbonyl (C=O) groups is 1. The fourth-order valence-corrected chi connectivity index (χ4v) is 1.95. The maximum atomic E-state index is 12.2. The van der Waals surface area contributed by atoms with E-state index >= 15 is 0 Å². The molecule has 0 spiro atoms. The number of amides is 1. The predicted molar refractivity (Wildman–Crippen MR) is 88.3 cm³/mol. The van der Waals surface area contributed by atoms with Gasteiger partial charge in [-0.25, -0.2) is 0 Å². The lowest BCUT2D eigenvalue weighted by Crippen LogP contribution is -2.14. The van der Waals surface area contributed by atoms with Gasteiger partial charge >= 0.3 is 0 Å². The van der Waals surface area contributed by atoms with Gasteiger partial charge in [0.25, 0.3) is 5.91 Å². The van der Waals surface area contributed by atoms with E-state index in [2.05, 4.69) is 10.4 Å². The lowest BCUT2D eigenvalue weighted by molar-refractivity contribution is 0.102. The summed E-state index contributed by atoms with van der Waals surface area (Å²) < 4.78 is 6.67. The first-order valence-corrected chi connectivity index (χ1v) is 6.76. The molecule has 0 saturated heterocycles. The molecule has 2 rings (SSSR count). The Morgan fingerprint density at radius 3 is 2.64 bits per heavy atom. The molecule has 0 fully saturated rings. The molecule has 0 saturated carbocycles. The van der Waals surface area contributed by atoms with Crippen LogP contribution < -0.4 is 11.1 Å². The SMILES string of the molecule is COCCc1cc(NC(=O)c2ccc(CN)cc2)n(C)n1.Cl. The summed E-state index contributed by atoms with van der Waals surface area (Å²) >= 11 is 0. The summed E-state index contributed by atoms with van der Waals surface area (Å²) in [4.78, 5) is 12.2. The van der Waals surface area contributed by atoms with Crippen molar-refractivity contribution in [1.29, 1.82) is 0 Å². The Balaban J connectivity index is 0.00000242. The second-order valence-electron chi connectivity index (χ2n) is 4.74. The summed E-state index contributed by atoms with van der Waals surface area (Å²) in [5, 5.41) is 7.18. The van der Waals surface area contributed by atoms with Crippen LogP contribution in [-0.2, 0) is 24.8 Å². The van der Waals surface area contributed by atoms with Gasteiger partial charge in [-0.2, -0.15) is 5.10 Å². The minimum absolute atomic E-state index is 0. The summed E-state index contributed by atoms with van der Waals surface area (Å²) in [7, 11) is 3.44. The molecule has 1 aromatic carbocycles. The molecular formula is C15H21ClN4O2. The summed E-state index contributed by atoms with van der Waals surface area (Å²) in [6.07, 6.45) is 0.714. The fraction of sp³-hybridized carbons (Fsp3) is 0.333. The summed E-state index contributed by atoms with van der Waals surface area (Å²) in [5.41, 5.74) is 8.01. The van der Waals surface area contributed by atoms with Crippen LogP contribution in [0, 0.1) is 0 Å². The standard InChI is InChI=1S/C15H20N4O2.ClH/c1-19-14(9-13(18-19)7-8-21-2)17-15(20)12-5-3-11(10-16)4-6-12;/h3-6,9H,7-8,10,16H2,1-2H3,(H,17,20);1H. The van der Waals surface area contributed by atoms with E-state index in [-0.39, 0.29) is 18.3 Å². The molecule has 0 radical (unpaired) electrons. The molecule has 1 heterocycles. The van der Waals surface area contributed by atoms with Crippen LogP contribution in [0.25, 0.3) is 0 Å². The number of carbonyl (C=O) groups excluding carboxylic acids is 1. The van der Waals surface area contributed by atoms with Crippen molar-refractivity contribution in [2.24, 2.45) is 12.8 Å². The molecular weight excluding hydrogens is 304 g/mol. The van der Waals surface area contributed by atoms with E-state index in [1.54, 1.807) is 31.0 Å². The average molecular weight is 325 g/mol. The van der Waals surface area contributed by atoms with Gasteiger partial charge in [0.2, 0.25) is 0 Å². The molecule has 0 aliphatic heterocycles. The monoisotopic (exact) mass is 324 g/mol. The highest BCUT2D eigenvalue weighted by Gasteiger charge is 2.10. The van der Waals surface area contributed by atoms with Crippen LogP contribution in [0.1, 0.15) is 21.6 Å². The predicted octanol–water partition coefficient (Wildman–Crippen LogP) is 1.74. The van der Waals surface area contributed by atoms with Crippen molar-refractivity contribution >= 4 is 24.1 Å². The zero-order valence-corrected chi connectivity index (χ0v) is 13.5. The number of nitrogens with two attached hydrogens (primary N) is 1. The molecule has 0 unspecified atom stereocenters. The highest BCUT2D eigenvalue weighted by molar-refractivity contribution is 6.03. The molecule has 2 aromatic rings. The van der Waals surface area contributed by atoms with Gasteiger partial charge in [0.05, 0.1) is 12.3 Å². The molecule has 7 heteroatoms. The summed E-state index contributed by atoms with van der Waals surface area (Å²) in [6, 6.07) is 9.08. The Morgan fingerprint density at radius 1 is 1.36 bits per heavy atom. The lowest BCUT2D eigenvalue weighted by atomic mass is 10.1. The molecule has 3 N–H and O–H groups in total. The van der Waals surface area contributed by atoms with Crippen LogP contribution >= 0.6 is 12.4 Å². The number of methoxy groups -OCH3 is 1. The van der Waals surface area contributed by atoms with E-state index in [0.29, 0.717) is 31.0 Å². The van der Waals surface area contributed by atoms with Crippen molar-refractivity contribution in [3.63, 3.8) is 0 Å². The molecule has 120 valence electrons. The van der Waals surface area contributed by atoms with Crippen molar-refractivity contribution in [2.75, 3.05) is 19.0 Å². The largest absolute Gasteiger partial charge is 0.384 e. The van der Waals surface area contributed by atoms with Crippen molar-refractivity contribution in [1.82, 2.24) is 9.78 Å². The van der Waals surface area contributed by atoms with Gasteiger partial charge in [0.15, 0.2) is 0 Å². The Hall–Kier alpha value is -1.89. The smallest absolute Gasteiger partial charge is 0.256 e. The summed E-state index contributed by atoms with van der Waals surface area (Å²) in [6.45, 7) is 1.07. The molecule has 0 bridgehead atoms. The summed E-state index contributed by atoms with van der Waals surface area (Å²) in [5.74, 6) is 0.494. The number of anilines is 1. The molecule has 6 nitrogen and oxygen atoms in total. The molecule has 1 aromatic heterocycles. The molecule has 1 amide bonds. The van der Waals surface area contributed by atoms with E-state index in [0.717, 1.165) is 11.3 Å². The van der Waals surface area contributed by atoms with Gasteiger partial charge in [0.1, 0.15) is 5.82 Å². The second kappa shape index (κ2) is 8.53. The number of benzene rings is 1. The van der Waals surface area contributed by atoms with Crippen LogP contribution in [0.2, 0.25) is 0 Å². The van der Waals surface area contributed by atoms with Crippen LogP contribution in [0.15, 0.2) is 30.3 Å². The number of hydrogen-bond acceptors (Lipinski definition) is 4. The number of hydrogen-bond donors (Lipinski definition) is 2. The normalized spacial score (nSPS) is 10.1. The van der Waals surface area contributed by atoms with E-state index in [1.165, 1.54) is 0 Å². The van der Waals surface area contributed by atoms with E-state index in [1.807, 2.05) is 18.2 Å². The number of ether oxygens (including phenoxy) is 1. The Morgan fingerprint density at radius 2 is 2.05 bits per heavy atom. The molecule has 0 aliphatic rings. The third-order valence-corrected chi connectivity index (χ3v) is 3.19. The van der Waals surface area contributed by atoms with Gasteiger partial charge in [-0.1, -0.05) is 12.1 Å². The van der Waals surface area contributed by atoms with Crippen molar-refractivity contribution in [2.45, 2.75) is 13.0 Å². The van der Waals surface area contributed by atoms with Crippen LogP contribution in [0.3, 0.4) is 0 Å². The quantitative estimate of drug-likeness (QED) is 0.848. The van der Waals surface area contributed by atoms with E-state index in [9.17, 15) is 4.79 Å². The highest BCUT2D eigenvalue weighted by atomic mass is 35.5. The molecule has 22 heavy (non-hydrogen) atoms. The van der Waals surface area contributed by atoms with Crippen molar-refractivity contribution < 1.29 is 9.53 Å². The third kappa shape index (κ3) is 4.56. The zero-order valence-electron chi connectivity index (χ0n) is 12.7. The number of aryl methyl sites for hydroxylation is 1. The number of aromatic nitrogens is 2. The van der Waals surface area contributed by atoms with Crippen LogP contribution in [0.4, 0.5) is 5.82 Å². The van der Waals surface area contributed by atoms with Crippen molar-refractivity contribution in [3.05, 3.63) is 47.2 Å². The zero-order chi connectivity index (χ0) is 15.2. The highest BCUT2D eigenvalue weighted by Crippen LogP contribution is 2.12. The van der Waals surface area contributed by atoms with Gasteiger partial charge in [-0.3, -0.25) is 9.48 Å². The van der Waals surface area contributed by atoms with Crippen LogP contribution in [-0.4, -0.2) is 29.4 Å². The first-order valence-electron chi connectivity index (χ1n) is 6.76. The van der Waals surface area contributed by atoms with Crippen LogP contribution in [0.5, 0.6) is 0 Å². The number of rotatable bonds is 6. The van der Waals surface area contributed by atoms with Gasteiger partial charge < -0.3 is 15.8 Å². The topological polar surface area (TPSA) is 82.2 Å². The number of nitrogens with zero attached hydrogens (tertiary/aromatic N) is 2. The third-order valence-electron chi connectivity index (χ3n) is 3.19. The minimum atomic E-state index is -0.167. The van der Waals surface area contributed by atoms with E-state index < -0.39 is 0 Å². The fourth-order valence-electron chi connectivity index (χ4n) is 1.95. The maximum absolute atomic E-state index is 12.2. The molecule has 0 atom stereocenters. The molecule has 0 aliphatic carbocycles. The second-order valence-corrected chi connectivity index (χ2v) is 4.74. The Bertz CT molecular complexity index is 611. The number of nitrogens with one attached hydrogen (secondary N) is 1. The first-order chi connectivity index (χ1) is 10.1. The average Bonchev–Trinajstić information content (AvgIpc) is 2.85. The van der Waals surface area contributed by atoms with Gasteiger partial charge in [-0.05, 0) is 17.7 Å². The minimum Gasteiger partial charge on any atom is -0.384 e. The number of halogens is 1. The van der Waals surface area contributed by atoms with Crippen molar-refractivity contribution in [3.8, 4) is 0 Å².